The van der Waals surface area contributed by atoms with Crippen molar-refractivity contribution < 1.29 is 23.1 Å². The first-order valence-electron chi connectivity index (χ1n) is 12.0. The van der Waals surface area contributed by atoms with Gasteiger partial charge in [-0.3, -0.25) is 9.78 Å². The van der Waals surface area contributed by atoms with Gasteiger partial charge in [0.25, 0.3) is 5.91 Å². The summed E-state index contributed by atoms with van der Waals surface area (Å²) in [5.41, 5.74) is 6.46. The minimum absolute atomic E-state index is 0.0327. The number of hydrogen-bond acceptors (Lipinski definition) is 5. The standard InChI is InChI=1S/C27H29F3N4O2/c1-14-9-17(12-22(31)15(14)2)18-5-7-32-13-24(18)34-27(36)23-4-3-19(28)26(33-23)25-20(29)10-16(6-8-35)11-21(25)30/h3-5,7,10-11,13-15,17,22,35H,6,8-9,12,31H2,1-2H3,(H,34,36)/t14-,15-,17+,22+/m0/s1. The molecule has 1 amide bonds. The van der Waals surface area contributed by atoms with Crippen molar-refractivity contribution in [2.75, 3.05) is 11.9 Å². The molecule has 0 saturated heterocycles. The van der Waals surface area contributed by atoms with E-state index in [0.717, 1.165) is 42.7 Å². The van der Waals surface area contributed by atoms with E-state index in [1.54, 1.807) is 6.20 Å². The van der Waals surface area contributed by atoms with Crippen molar-refractivity contribution >= 4 is 11.6 Å². The molecular formula is C27H29F3N4O2. The first kappa shape index (κ1) is 25.8. The number of nitrogens with one attached hydrogen (secondary N) is 1. The van der Waals surface area contributed by atoms with E-state index in [4.69, 9.17) is 10.8 Å². The SMILES string of the molecule is C[C@@H]1[C@H](N)C[C@H](c2ccncc2NC(=O)c2ccc(F)c(-c3c(F)cc(CCO)cc3F)n2)C[C@@H]1C. The second-order valence-corrected chi connectivity index (χ2v) is 9.52. The van der Waals surface area contributed by atoms with Gasteiger partial charge in [0.05, 0.1) is 17.4 Å². The van der Waals surface area contributed by atoms with Crippen molar-refractivity contribution in [3.8, 4) is 11.3 Å². The minimum atomic E-state index is -1.03. The fourth-order valence-electron chi connectivity index (χ4n) is 4.90. The lowest BCUT2D eigenvalue weighted by Crippen LogP contribution is -2.39. The summed E-state index contributed by atoms with van der Waals surface area (Å²) in [4.78, 5) is 21.1. The van der Waals surface area contributed by atoms with E-state index in [0.29, 0.717) is 17.5 Å². The van der Waals surface area contributed by atoms with E-state index in [1.807, 2.05) is 6.07 Å². The molecule has 4 rings (SSSR count). The molecule has 9 heteroatoms. The van der Waals surface area contributed by atoms with Gasteiger partial charge in [-0.05, 0) is 78.5 Å². The van der Waals surface area contributed by atoms with Gasteiger partial charge in [-0.2, -0.15) is 0 Å². The summed E-state index contributed by atoms with van der Waals surface area (Å²) < 4.78 is 43.9. The molecule has 4 atom stereocenters. The number of nitrogens with zero attached hydrogens (tertiary/aromatic N) is 2. The highest BCUT2D eigenvalue weighted by Gasteiger charge is 2.32. The Morgan fingerprint density at radius 2 is 1.83 bits per heavy atom. The Morgan fingerprint density at radius 3 is 2.50 bits per heavy atom. The highest BCUT2D eigenvalue weighted by atomic mass is 19.1. The largest absolute Gasteiger partial charge is 0.396 e. The number of pyridine rings is 2. The van der Waals surface area contributed by atoms with Crippen LogP contribution in [0.4, 0.5) is 18.9 Å². The summed E-state index contributed by atoms with van der Waals surface area (Å²) >= 11 is 0. The lowest BCUT2D eigenvalue weighted by Gasteiger charge is -2.37. The van der Waals surface area contributed by atoms with Gasteiger partial charge in [-0.1, -0.05) is 13.8 Å². The predicted molar refractivity (Wildman–Crippen MR) is 131 cm³/mol. The van der Waals surface area contributed by atoms with E-state index in [1.165, 1.54) is 6.20 Å². The zero-order valence-electron chi connectivity index (χ0n) is 20.1. The Hall–Kier alpha value is -3.30. The molecule has 1 fully saturated rings. The third-order valence-corrected chi connectivity index (χ3v) is 7.15. The second kappa shape index (κ2) is 10.8. The van der Waals surface area contributed by atoms with Crippen molar-refractivity contribution in [2.24, 2.45) is 17.6 Å². The molecule has 1 aromatic carbocycles. The van der Waals surface area contributed by atoms with Crippen LogP contribution in [0.25, 0.3) is 11.3 Å². The molecular weight excluding hydrogens is 469 g/mol. The second-order valence-electron chi connectivity index (χ2n) is 9.52. The molecule has 0 spiro atoms. The quantitative estimate of drug-likeness (QED) is 0.452. The molecule has 1 saturated carbocycles. The molecule has 6 nitrogen and oxygen atoms in total. The number of halogens is 3. The van der Waals surface area contributed by atoms with Crippen LogP contribution in [0.3, 0.4) is 0 Å². The minimum Gasteiger partial charge on any atom is -0.396 e. The summed E-state index contributed by atoms with van der Waals surface area (Å²) in [7, 11) is 0. The monoisotopic (exact) mass is 498 g/mol. The molecule has 0 radical (unpaired) electrons. The van der Waals surface area contributed by atoms with Crippen LogP contribution in [-0.4, -0.2) is 33.6 Å². The number of anilines is 1. The van der Waals surface area contributed by atoms with E-state index in [9.17, 15) is 18.0 Å². The number of aliphatic hydroxyl groups excluding tert-OH is 1. The number of carbonyl (C=O) groups excluding carboxylic acids is 1. The van der Waals surface area contributed by atoms with Gasteiger partial charge >= 0.3 is 0 Å². The zero-order valence-corrected chi connectivity index (χ0v) is 20.1. The maximum Gasteiger partial charge on any atom is 0.274 e. The fourth-order valence-corrected chi connectivity index (χ4v) is 4.90. The van der Waals surface area contributed by atoms with Crippen LogP contribution in [0.2, 0.25) is 0 Å². The molecule has 0 bridgehead atoms. The van der Waals surface area contributed by atoms with Crippen LogP contribution in [0.5, 0.6) is 0 Å². The third kappa shape index (κ3) is 5.27. The first-order valence-corrected chi connectivity index (χ1v) is 12.0. The summed E-state index contributed by atoms with van der Waals surface area (Å²) in [5, 5.41) is 11.8. The first-order chi connectivity index (χ1) is 17.2. The number of amides is 1. The van der Waals surface area contributed by atoms with Crippen molar-refractivity contribution in [2.45, 2.75) is 45.1 Å². The Balaban J connectivity index is 1.63. The van der Waals surface area contributed by atoms with E-state index in [-0.39, 0.29) is 36.2 Å². The van der Waals surface area contributed by atoms with Gasteiger partial charge in [-0.15, -0.1) is 0 Å². The van der Waals surface area contributed by atoms with Gasteiger partial charge in [0.1, 0.15) is 28.8 Å². The molecule has 1 aliphatic rings. The van der Waals surface area contributed by atoms with Crippen molar-refractivity contribution in [1.82, 2.24) is 9.97 Å². The number of nitrogens with two attached hydrogens (primary N) is 1. The van der Waals surface area contributed by atoms with Gasteiger partial charge in [0, 0.05) is 18.8 Å². The van der Waals surface area contributed by atoms with Crippen LogP contribution in [0.1, 0.15) is 54.2 Å². The zero-order chi connectivity index (χ0) is 26.0. The summed E-state index contributed by atoms with van der Waals surface area (Å²) in [5.74, 6) is -2.78. The third-order valence-electron chi connectivity index (χ3n) is 7.15. The fraction of sp³-hybridized carbons (Fsp3) is 0.370. The Morgan fingerprint density at radius 1 is 1.11 bits per heavy atom. The van der Waals surface area contributed by atoms with Crippen molar-refractivity contribution in [3.05, 3.63) is 77.0 Å². The van der Waals surface area contributed by atoms with Gasteiger partial charge in [0.2, 0.25) is 0 Å². The van der Waals surface area contributed by atoms with Crippen LogP contribution < -0.4 is 11.1 Å². The molecule has 2 heterocycles. The molecule has 3 aromatic rings. The van der Waals surface area contributed by atoms with Crippen molar-refractivity contribution in [3.63, 3.8) is 0 Å². The molecule has 0 unspecified atom stereocenters. The number of aliphatic hydroxyl groups is 1. The molecule has 0 aliphatic heterocycles. The van der Waals surface area contributed by atoms with E-state index < -0.39 is 34.6 Å². The maximum atomic E-state index is 14.7. The number of carbonyl (C=O) groups is 1. The molecule has 2 aromatic heterocycles. The highest BCUT2D eigenvalue weighted by molar-refractivity contribution is 6.03. The molecule has 36 heavy (non-hydrogen) atoms. The number of rotatable bonds is 6. The lowest BCUT2D eigenvalue weighted by atomic mass is 9.71. The molecule has 1 aliphatic carbocycles. The van der Waals surface area contributed by atoms with Crippen LogP contribution in [0, 0.1) is 29.3 Å². The van der Waals surface area contributed by atoms with Gasteiger partial charge in [-0.25, -0.2) is 18.2 Å². The lowest BCUT2D eigenvalue weighted by molar-refractivity contribution is 0.102. The topological polar surface area (TPSA) is 101 Å². The van der Waals surface area contributed by atoms with Crippen LogP contribution >= 0.6 is 0 Å². The smallest absolute Gasteiger partial charge is 0.274 e. The Bertz CT molecular complexity index is 1230. The normalized spacial score (nSPS) is 21.9. The number of aromatic nitrogens is 2. The predicted octanol–water partition coefficient (Wildman–Crippen LogP) is 4.82. The van der Waals surface area contributed by atoms with E-state index in [2.05, 4.69) is 29.1 Å². The molecule has 4 N–H and O–H groups in total. The van der Waals surface area contributed by atoms with Gasteiger partial charge in [0.15, 0.2) is 0 Å². The Kier molecular flexibility index (Phi) is 7.70. The average Bonchev–Trinajstić information content (AvgIpc) is 2.83. The van der Waals surface area contributed by atoms with Crippen LogP contribution in [0.15, 0.2) is 42.7 Å². The Labute approximate surface area is 207 Å². The van der Waals surface area contributed by atoms with Crippen molar-refractivity contribution in [1.29, 1.82) is 0 Å². The maximum absolute atomic E-state index is 14.7. The summed E-state index contributed by atoms with van der Waals surface area (Å²) in [6.07, 6.45) is 4.90. The number of hydrogen-bond donors (Lipinski definition) is 3. The summed E-state index contributed by atoms with van der Waals surface area (Å²) in [6.45, 7) is 4.01. The number of benzene rings is 1. The average molecular weight is 499 g/mol. The van der Waals surface area contributed by atoms with Gasteiger partial charge < -0.3 is 16.2 Å². The van der Waals surface area contributed by atoms with Crippen LogP contribution in [-0.2, 0) is 6.42 Å². The highest BCUT2D eigenvalue weighted by Crippen LogP contribution is 2.41. The van der Waals surface area contributed by atoms with E-state index >= 15 is 0 Å². The summed E-state index contributed by atoms with van der Waals surface area (Å²) in [6, 6.07) is 6.01. The molecule has 190 valence electrons.